The van der Waals surface area contributed by atoms with Crippen molar-refractivity contribution in [3.05, 3.63) is 29.8 Å². The molecule has 1 fully saturated rings. The van der Waals surface area contributed by atoms with Crippen molar-refractivity contribution in [2.75, 3.05) is 32.7 Å². The van der Waals surface area contributed by atoms with Gasteiger partial charge in [0.25, 0.3) is 5.91 Å². The molecule has 1 aromatic rings. The van der Waals surface area contributed by atoms with Crippen LogP contribution in [0.25, 0.3) is 0 Å². The molecular weight excluding hydrogens is 270 g/mol. The van der Waals surface area contributed by atoms with E-state index in [-0.39, 0.29) is 17.6 Å². The molecule has 0 bridgehead atoms. The predicted molar refractivity (Wildman–Crippen MR) is 78.9 cm³/mol. The number of benzene rings is 1. The van der Waals surface area contributed by atoms with Crippen molar-refractivity contribution in [1.82, 2.24) is 9.80 Å². The van der Waals surface area contributed by atoms with Crippen molar-refractivity contribution in [2.24, 2.45) is 5.73 Å². The van der Waals surface area contributed by atoms with E-state index in [0.717, 1.165) is 0 Å². The fraction of sp³-hybridized carbons (Fsp3) is 0.467. The van der Waals surface area contributed by atoms with Gasteiger partial charge in [0, 0.05) is 38.2 Å². The van der Waals surface area contributed by atoms with Gasteiger partial charge in [-0.05, 0) is 31.2 Å². The van der Waals surface area contributed by atoms with E-state index in [1.807, 2.05) is 0 Å². The monoisotopic (exact) mass is 291 g/mol. The van der Waals surface area contributed by atoms with Crippen molar-refractivity contribution < 1.29 is 14.7 Å². The Bertz CT molecular complexity index is 511. The van der Waals surface area contributed by atoms with Crippen molar-refractivity contribution >= 4 is 11.8 Å². The van der Waals surface area contributed by atoms with Crippen LogP contribution < -0.4 is 5.73 Å². The molecule has 0 saturated carbocycles. The van der Waals surface area contributed by atoms with Gasteiger partial charge in [-0.3, -0.25) is 9.59 Å². The van der Waals surface area contributed by atoms with E-state index in [2.05, 4.69) is 0 Å². The minimum absolute atomic E-state index is 0.0800. The maximum Gasteiger partial charge on any atom is 0.254 e. The second-order valence-corrected chi connectivity index (χ2v) is 5.12. The zero-order chi connectivity index (χ0) is 15.2. The van der Waals surface area contributed by atoms with E-state index in [9.17, 15) is 14.7 Å². The van der Waals surface area contributed by atoms with Crippen molar-refractivity contribution in [3.8, 4) is 5.75 Å². The van der Waals surface area contributed by atoms with E-state index in [1.54, 1.807) is 21.9 Å². The van der Waals surface area contributed by atoms with Gasteiger partial charge in [-0.25, -0.2) is 0 Å². The summed E-state index contributed by atoms with van der Waals surface area (Å²) in [6, 6.07) is 6.32. The molecule has 114 valence electrons. The van der Waals surface area contributed by atoms with Crippen LogP contribution in [0.3, 0.4) is 0 Å². The van der Waals surface area contributed by atoms with Crippen molar-refractivity contribution in [1.29, 1.82) is 0 Å². The Hall–Kier alpha value is -2.08. The smallest absolute Gasteiger partial charge is 0.254 e. The number of phenolic OH excluding ortho intramolecular Hbond substituents is 1. The molecule has 6 heteroatoms. The number of hydrogen-bond acceptors (Lipinski definition) is 4. The lowest BCUT2D eigenvalue weighted by Gasteiger charge is -2.35. The summed E-state index contributed by atoms with van der Waals surface area (Å²) < 4.78 is 0. The molecule has 0 atom stereocenters. The van der Waals surface area contributed by atoms with Crippen molar-refractivity contribution in [2.45, 2.75) is 12.8 Å². The first-order chi connectivity index (χ1) is 10.1. The number of piperazine rings is 1. The fourth-order valence-corrected chi connectivity index (χ4v) is 2.39. The average Bonchev–Trinajstić information content (AvgIpc) is 2.52. The van der Waals surface area contributed by atoms with Gasteiger partial charge in [-0.2, -0.15) is 0 Å². The largest absolute Gasteiger partial charge is 0.508 e. The van der Waals surface area contributed by atoms with Gasteiger partial charge in [-0.15, -0.1) is 0 Å². The highest BCUT2D eigenvalue weighted by atomic mass is 16.3. The molecule has 0 aromatic heterocycles. The van der Waals surface area contributed by atoms with Gasteiger partial charge in [0.05, 0.1) is 0 Å². The predicted octanol–water partition coefficient (Wildman–Crippen LogP) is 0.416. The van der Waals surface area contributed by atoms with Crippen LogP contribution in [-0.2, 0) is 4.79 Å². The van der Waals surface area contributed by atoms with E-state index in [1.165, 1.54) is 12.1 Å². The zero-order valence-electron chi connectivity index (χ0n) is 12.0. The van der Waals surface area contributed by atoms with Gasteiger partial charge in [0.15, 0.2) is 0 Å². The molecule has 1 saturated heterocycles. The minimum Gasteiger partial charge on any atom is -0.508 e. The first kappa shape index (κ1) is 15.3. The number of nitrogens with two attached hydrogens (primary N) is 1. The maximum absolute atomic E-state index is 12.3. The lowest BCUT2D eigenvalue weighted by atomic mass is 10.1. The summed E-state index contributed by atoms with van der Waals surface area (Å²) in [7, 11) is 0. The molecule has 0 radical (unpaired) electrons. The summed E-state index contributed by atoms with van der Waals surface area (Å²) in [6.45, 7) is 2.65. The highest BCUT2D eigenvalue weighted by Crippen LogP contribution is 2.14. The highest BCUT2D eigenvalue weighted by Gasteiger charge is 2.24. The topological polar surface area (TPSA) is 86.9 Å². The third-order valence-electron chi connectivity index (χ3n) is 3.61. The van der Waals surface area contributed by atoms with Gasteiger partial charge in [0.1, 0.15) is 5.75 Å². The number of rotatable bonds is 4. The molecule has 1 aliphatic rings. The molecule has 1 heterocycles. The Morgan fingerprint density at radius 2 is 1.81 bits per heavy atom. The SMILES string of the molecule is NCCCC(=O)N1CCN(C(=O)c2cccc(O)c2)CC1. The molecule has 2 amide bonds. The normalized spacial score (nSPS) is 15.1. The van der Waals surface area contributed by atoms with Crippen LogP contribution in [-0.4, -0.2) is 59.4 Å². The number of phenols is 1. The van der Waals surface area contributed by atoms with Gasteiger partial charge >= 0.3 is 0 Å². The molecule has 0 spiro atoms. The maximum atomic E-state index is 12.3. The molecule has 21 heavy (non-hydrogen) atoms. The molecular formula is C15H21N3O3. The number of nitrogens with zero attached hydrogens (tertiary/aromatic N) is 2. The number of aromatic hydroxyl groups is 1. The summed E-state index contributed by atoms with van der Waals surface area (Å²) in [4.78, 5) is 27.7. The number of amides is 2. The summed E-state index contributed by atoms with van der Waals surface area (Å²) in [5, 5.41) is 9.42. The van der Waals surface area contributed by atoms with E-state index < -0.39 is 0 Å². The highest BCUT2D eigenvalue weighted by molar-refractivity contribution is 5.94. The summed E-state index contributed by atoms with van der Waals surface area (Å²) in [5.41, 5.74) is 5.87. The van der Waals surface area contributed by atoms with Crippen LogP contribution in [0.1, 0.15) is 23.2 Å². The van der Waals surface area contributed by atoms with E-state index in [4.69, 9.17) is 5.73 Å². The van der Waals surface area contributed by atoms with Crippen LogP contribution in [0.15, 0.2) is 24.3 Å². The van der Waals surface area contributed by atoms with Crippen LogP contribution >= 0.6 is 0 Å². The van der Waals surface area contributed by atoms with Gasteiger partial charge in [0.2, 0.25) is 5.91 Å². The first-order valence-corrected chi connectivity index (χ1v) is 7.18. The lowest BCUT2D eigenvalue weighted by Crippen LogP contribution is -2.50. The second-order valence-electron chi connectivity index (χ2n) is 5.12. The summed E-state index contributed by atoms with van der Waals surface area (Å²) in [6.07, 6.45) is 1.16. The standard InChI is InChI=1S/C15H21N3O3/c16-6-2-5-14(20)17-7-9-18(10-8-17)15(21)12-3-1-4-13(19)11-12/h1,3-4,11,19H,2,5-10,16H2. The molecule has 1 aliphatic heterocycles. The Balaban J connectivity index is 1.89. The Morgan fingerprint density at radius 1 is 1.14 bits per heavy atom. The summed E-state index contributed by atoms with van der Waals surface area (Å²) >= 11 is 0. The Labute approximate surface area is 124 Å². The number of carbonyl (C=O) groups is 2. The third kappa shape index (κ3) is 3.95. The summed E-state index contributed by atoms with van der Waals surface area (Å²) in [5.74, 6) is 0.0707. The van der Waals surface area contributed by atoms with E-state index in [0.29, 0.717) is 51.1 Å². The number of carbonyl (C=O) groups excluding carboxylic acids is 2. The van der Waals surface area contributed by atoms with Gasteiger partial charge < -0.3 is 20.6 Å². The molecule has 0 unspecified atom stereocenters. The Kier molecular flexibility index (Phi) is 5.16. The second kappa shape index (κ2) is 7.08. The molecule has 6 nitrogen and oxygen atoms in total. The molecule has 0 aliphatic carbocycles. The zero-order valence-corrected chi connectivity index (χ0v) is 12.0. The van der Waals surface area contributed by atoms with Crippen LogP contribution in [0.5, 0.6) is 5.75 Å². The quantitative estimate of drug-likeness (QED) is 0.841. The van der Waals surface area contributed by atoms with Crippen LogP contribution in [0.2, 0.25) is 0 Å². The molecule has 3 N–H and O–H groups in total. The van der Waals surface area contributed by atoms with E-state index >= 15 is 0 Å². The fourth-order valence-electron chi connectivity index (χ4n) is 2.39. The molecule has 1 aromatic carbocycles. The minimum atomic E-state index is -0.111. The van der Waals surface area contributed by atoms with Crippen molar-refractivity contribution in [3.63, 3.8) is 0 Å². The van der Waals surface area contributed by atoms with Crippen LogP contribution in [0.4, 0.5) is 0 Å². The third-order valence-corrected chi connectivity index (χ3v) is 3.61. The van der Waals surface area contributed by atoms with Crippen LogP contribution in [0, 0.1) is 0 Å². The molecule has 2 rings (SSSR count). The average molecular weight is 291 g/mol. The first-order valence-electron chi connectivity index (χ1n) is 7.18. The Morgan fingerprint density at radius 3 is 2.43 bits per heavy atom. The lowest BCUT2D eigenvalue weighted by molar-refractivity contribution is -0.132. The van der Waals surface area contributed by atoms with Gasteiger partial charge in [-0.1, -0.05) is 6.07 Å². The number of hydrogen-bond donors (Lipinski definition) is 2.